The summed E-state index contributed by atoms with van der Waals surface area (Å²) in [7, 11) is 4.75. The number of unbranched alkanes of at least 4 members (excludes halogenated alkanes) is 4. The molecule has 1 fully saturated rings. The highest BCUT2D eigenvalue weighted by Crippen LogP contribution is 2.29. The van der Waals surface area contributed by atoms with Crippen molar-refractivity contribution in [2.45, 2.75) is 177 Å². The number of aromatic hydroxyl groups is 1. The number of urea groups is 1. The number of benzene rings is 3. The van der Waals surface area contributed by atoms with Gasteiger partial charge < -0.3 is 83.5 Å². The van der Waals surface area contributed by atoms with Gasteiger partial charge in [0.25, 0.3) is 0 Å². The quantitative estimate of drug-likeness (QED) is 0.0234. The number of aliphatic hydroxyl groups is 2. The maximum atomic E-state index is 15.3. The Balaban J connectivity index is 1.40. The second-order valence-electron chi connectivity index (χ2n) is 24.8. The van der Waals surface area contributed by atoms with Gasteiger partial charge >= 0.3 is 12.1 Å². The average Bonchev–Trinajstić information content (AvgIpc) is 1.77. The fourth-order valence-corrected chi connectivity index (χ4v) is 14.3. The van der Waals surface area contributed by atoms with Crippen LogP contribution in [0.2, 0.25) is 0 Å². The largest absolute Gasteiger partial charge is 0.508 e. The minimum Gasteiger partial charge on any atom is -0.508 e. The number of ether oxygens (including phenoxy) is 1. The zero-order valence-corrected chi connectivity index (χ0v) is 59.7. The van der Waals surface area contributed by atoms with Crippen molar-refractivity contribution in [3.63, 3.8) is 0 Å². The van der Waals surface area contributed by atoms with E-state index in [1.807, 2.05) is 25.1 Å². The molecule has 6 rings (SSSR count). The number of hydrogen-bond acceptors (Lipinski definition) is 19. The van der Waals surface area contributed by atoms with Crippen molar-refractivity contribution in [3.8, 4) is 5.75 Å². The number of rotatable bonds is 29. The summed E-state index contributed by atoms with van der Waals surface area (Å²) in [4.78, 5) is 152. The number of para-hydroxylation sites is 1. The summed E-state index contributed by atoms with van der Waals surface area (Å²) in [5.74, 6) is -7.59. The van der Waals surface area contributed by atoms with Crippen molar-refractivity contribution in [3.05, 3.63) is 126 Å². The SMILES string of the molecule is CCCCCCNC(=O)[C@@H](NC(=O)[C@@H]1CSSC[C@H](NC(=O)[C@@H](Cc2ccccc2)NC(=O)NCCSSc2ccccn2)C(=O)N[C@@H](Cc2ccc(O)cc2)C(=O)N[C@H](Cc2c[nH]c3ccccc23)C(=O)N[C@@H](CCCCNC(=O)OC(C)(C)C)C(=O)N[C@@H]([C@@H](C)O)C(=O)N1)[C@@H](C)O. The minimum atomic E-state index is -1.82. The van der Waals surface area contributed by atoms with Crippen LogP contribution >= 0.6 is 43.2 Å². The van der Waals surface area contributed by atoms with Gasteiger partial charge in [-0.05, 0) is 118 Å². The third-order valence-electron chi connectivity index (χ3n) is 15.4. The molecule has 2 aromatic heterocycles. The molecule has 27 nitrogen and oxygen atoms in total. The monoisotopic (exact) mass is 1440 g/mol. The number of hydrogen-bond donors (Lipinski definition) is 15. The highest BCUT2D eigenvalue weighted by molar-refractivity contribution is 8.77. The average molecular weight is 1440 g/mol. The predicted octanol–water partition coefficient (Wildman–Crippen LogP) is 4.35. The molecule has 0 bridgehead atoms. The van der Waals surface area contributed by atoms with Gasteiger partial charge in [-0.25, -0.2) is 14.6 Å². The second-order valence-corrected chi connectivity index (χ2v) is 29.7. The van der Waals surface area contributed by atoms with Gasteiger partial charge in [-0.3, -0.25) is 38.4 Å². The Hall–Kier alpha value is -8.23. The molecule has 11 amide bonds. The van der Waals surface area contributed by atoms with Crippen molar-refractivity contribution < 1.29 is 68.0 Å². The van der Waals surface area contributed by atoms with Crippen LogP contribution in [-0.4, -0.2) is 188 Å². The van der Waals surface area contributed by atoms with E-state index in [0.717, 1.165) is 45.9 Å². The number of aromatic amines is 1. The summed E-state index contributed by atoms with van der Waals surface area (Å²) in [6, 6.07) is 14.2. The van der Waals surface area contributed by atoms with Gasteiger partial charge in [-0.15, -0.1) is 0 Å². The summed E-state index contributed by atoms with van der Waals surface area (Å²) < 4.78 is 5.37. The van der Waals surface area contributed by atoms with Crippen molar-refractivity contribution in [2.75, 3.05) is 36.9 Å². The molecule has 0 spiro atoms. The van der Waals surface area contributed by atoms with Gasteiger partial charge in [-0.2, -0.15) is 0 Å². The first-order valence-corrected chi connectivity index (χ1v) is 37.8. The van der Waals surface area contributed by atoms with Gasteiger partial charge in [-0.1, -0.05) is 125 Å². The minimum absolute atomic E-state index is 0.0484. The van der Waals surface area contributed by atoms with Crippen molar-refractivity contribution >= 4 is 113 Å². The molecule has 15 N–H and O–H groups in total. The number of pyridine rings is 1. The molecule has 3 aromatic carbocycles. The number of H-pyrrole nitrogens is 1. The zero-order chi connectivity index (χ0) is 71.9. The number of phenolic OH excluding ortho intramolecular Hbond substituents is 1. The molecular formula is C68H93N13O14S4. The van der Waals surface area contributed by atoms with Crippen LogP contribution in [0.1, 0.15) is 103 Å². The van der Waals surface area contributed by atoms with Gasteiger partial charge in [0.1, 0.15) is 64.7 Å². The molecule has 1 aliphatic heterocycles. The number of carbonyl (C=O) groups is 10. The molecule has 10 atom stereocenters. The number of carbonyl (C=O) groups excluding carboxylic acids is 10. The second kappa shape index (κ2) is 41.4. The summed E-state index contributed by atoms with van der Waals surface area (Å²) in [6.07, 6.45) is 2.60. The highest BCUT2D eigenvalue weighted by atomic mass is 33.1. The molecule has 99 heavy (non-hydrogen) atoms. The van der Waals surface area contributed by atoms with Crippen LogP contribution < -0.4 is 58.5 Å². The highest BCUT2D eigenvalue weighted by Gasteiger charge is 2.38. The van der Waals surface area contributed by atoms with E-state index in [-0.39, 0.29) is 75.4 Å². The topological polar surface area (TPSA) is 402 Å². The number of fused-ring (bicyclic) bond motifs is 1. The van der Waals surface area contributed by atoms with Gasteiger partial charge in [0.05, 0.1) is 12.2 Å². The zero-order valence-electron chi connectivity index (χ0n) is 56.4. The third kappa shape index (κ3) is 28.1. The van der Waals surface area contributed by atoms with Crippen LogP contribution in [0.5, 0.6) is 5.75 Å². The summed E-state index contributed by atoms with van der Waals surface area (Å²) in [5.41, 5.74) is 1.55. The van der Waals surface area contributed by atoms with Gasteiger partial charge in [0, 0.05) is 79.5 Å². The van der Waals surface area contributed by atoms with Gasteiger partial charge in [0.2, 0.25) is 47.3 Å². The number of nitrogens with one attached hydrogen (secondary N) is 12. The van der Waals surface area contributed by atoms with Crippen molar-refractivity contribution in [2.24, 2.45) is 0 Å². The molecule has 538 valence electrons. The maximum absolute atomic E-state index is 15.3. The van der Waals surface area contributed by atoms with Crippen LogP contribution in [0.15, 0.2) is 114 Å². The fraction of sp³-hybridized carbons (Fsp3) is 0.485. The first-order valence-electron chi connectivity index (χ1n) is 33.0. The maximum Gasteiger partial charge on any atom is 0.407 e. The van der Waals surface area contributed by atoms with Gasteiger partial charge in [0.15, 0.2) is 0 Å². The predicted molar refractivity (Wildman–Crippen MR) is 384 cm³/mol. The molecule has 0 saturated carbocycles. The van der Waals surface area contributed by atoms with Crippen LogP contribution in [0.4, 0.5) is 9.59 Å². The number of aromatic nitrogens is 2. The molecule has 31 heteroatoms. The summed E-state index contributed by atoms with van der Waals surface area (Å²) in [6.45, 7) is 10.2. The Morgan fingerprint density at radius 1 is 0.667 bits per heavy atom. The number of amides is 11. The van der Waals surface area contributed by atoms with Crippen LogP contribution in [0, 0.1) is 0 Å². The first-order chi connectivity index (χ1) is 47.4. The van der Waals surface area contributed by atoms with E-state index < -0.39 is 126 Å². The Morgan fingerprint density at radius 3 is 2.02 bits per heavy atom. The van der Waals surface area contributed by atoms with E-state index >= 15 is 14.4 Å². The van der Waals surface area contributed by atoms with E-state index in [0.29, 0.717) is 39.8 Å². The summed E-state index contributed by atoms with van der Waals surface area (Å²) in [5, 5.41) is 63.8. The lowest BCUT2D eigenvalue weighted by Crippen LogP contribution is -2.63. The number of aliphatic hydroxyl groups excluding tert-OH is 2. The lowest BCUT2D eigenvalue weighted by Gasteiger charge is -2.29. The molecule has 5 aromatic rings. The summed E-state index contributed by atoms with van der Waals surface area (Å²) >= 11 is 0. The van der Waals surface area contributed by atoms with Crippen LogP contribution in [0.3, 0.4) is 0 Å². The molecule has 1 saturated heterocycles. The lowest BCUT2D eigenvalue weighted by molar-refractivity contribution is -0.137. The lowest BCUT2D eigenvalue weighted by atomic mass is 10.0. The van der Waals surface area contributed by atoms with E-state index in [1.54, 1.807) is 87.8 Å². The Bertz CT molecular complexity index is 3440. The van der Waals surface area contributed by atoms with Crippen molar-refractivity contribution in [1.82, 2.24) is 68.5 Å². The van der Waals surface area contributed by atoms with E-state index in [1.165, 1.54) is 59.7 Å². The standard InChI is InChI=1S/C68H93N13O14S4/c1-7-8-9-17-31-70-64(91)56(41(2)82)80-63(90)54-40-98-97-39-53(77-60(87)51(35-43-20-11-10-12-21-43)79-66(93)71-33-34-96-99-55-25-16-19-30-69-55)62(89)75-50(36-44-26-28-46(84)29-27-44)59(86)76-52(37-45-38-73-48-23-14-13-22-47(45)48)61(88)74-49(58(85)81-57(42(3)83)65(92)78-54)24-15-18-32-72-67(94)95-68(4,5)6/h10-14,16,19-23,25-30,38,41-42,49-54,56-57,73,82-84H,7-9,15,17-18,24,31-37,39-40H2,1-6H3,(H,70,91)(H,72,94)(H,74,88)(H,75,89)(H,76,86)(H,77,87)(H,78,92)(H,80,90)(H,81,85)(H2,71,79,93)/t41-,42-,49+,50+,51-,52-,53+,54+,56+,57+/m1/s1. The van der Waals surface area contributed by atoms with Crippen LogP contribution in [-0.2, 0) is 62.4 Å². The Morgan fingerprint density at radius 2 is 1.32 bits per heavy atom. The first kappa shape index (κ1) is 79.8. The Labute approximate surface area is 592 Å². The van der Waals surface area contributed by atoms with E-state index in [2.05, 4.69) is 68.5 Å². The number of alkyl carbamates (subject to hydrolysis) is 1. The molecule has 0 unspecified atom stereocenters. The molecule has 1 aliphatic rings. The smallest absolute Gasteiger partial charge is 0.407 e. The third-order valence-corrected chi connectivity index (χ3v) is 20.1. The molecule has 3 heterocycles. The Kier molecular flexibility index (Phi) is 33.3. The van der Waals surface area contributed by atoms with Crippen molar-refractivity contribution in [1.29, 1.82) is 0 Å². The van der Waals surface area contributed by atoms with E-state index in [9.17, 15) is 48.9 Å². The molecule has 0 aliphatic carbocycles. The molecule has 0 radical (unpaired) electrons. The number of nitrogens with zero attached hydrogens (tertiary/aromatic N) is 1. The molecular weight excluding hydrogens is 1350 g/mol. The fourth-order valence-electron chi connectivity index (χ4n) is 10.2. The normalized spacial score (nSPS) is 19.6. The number of phenols is 1. The van der Waals surface area contributed by atoms with E-state index in [4.69, 9.17) is 4.74 Å². The van der Waals surface area contributed by atoms with Crippen LogP contribution in [0.25, 0.3) is 10.9 Å².